The number of urea groups is 1. The Hall–Kier alpha value is -3.22. The zero-order chi connectivity index (χ0) is 18.5. The number of nitrogens with zero attached hydrogens (tertiary/aromatic N) is 2. The summed E-state index contributed by atoms with van der Waals surface area (Å²) in [5.74, 6) is -1.47. The summed E-state index contributed by atoms with van der Waals surface area (Å²) < 4.78 is 28.0. The lowest BCUT2D eigenvalue weighted by Crippen LogP contribution is -2.31. The fraction of sp³-hybridized carbons (Fsp3) is 0.158. The van der Waals surface area contributed by atoms with Gasteiger partial charge in [0.1, 0.15) is 0 Å². The fourth-order valence-electron chi connectivity index (χ4n) is 2.50. The van der Waals surface area contributed by atoms with Gasteiger partial charge in [0.2, 0.25) is 0 Å². The molecule has 0 saturated heterocycles. The van der Waals surface area contributed by atoms with Crippen LogP contribution in [0.1, 0.15) is 24.1 Å². The normalized spacial score (nSPS) is 11.8. The van der Waals surface area contributed by atoms with Crippen molar-refractivity contribution in [2.75, 3.05) is 5.32 Å². The zero-order valence-corrected chi connectivity index (χ0v) is 14.1. The van der Waals surface area contributed by atoms with E-state index >= 15 is 0 Å². The van der Waals surface area contributed by atoms with Crippen molar-refractivity contribution in [3.05, 3.63) is 83.6 Å². The molecule has 3 aromatic rings. The molecule has 3 rings (SSSR count). The van der Waals surface area contributed by atoms with Crippen LogP contribution in [0.3, 0.4) is 0 Å². The Morgan fingerprint density at radius 3 is 2.62 bits per heavy atom. The van der Waals surface area contributed by atoms with E-state index in [1.165, 1.54) is 6.07 Å². The van der Waals surface area contributed by atoms with Gasteiger partial charge in [-0.15, -0.1) is 0 Å². The summed E-state index contributed by atoms with van der Waals surface area (Å²) in [7, 11) is 0. The van der Waals surface area contributed by atoms with Crippen LogP contribution in [-0.2, 0) is 6.54 Å². The third kappa shape index (κ3) is 4.44. The van der Waals surface area contributed by atoms with Gasteiger partial charge in [0.15, 0.2) is 17.5 Å². The number of anilines is 1. The molecule has 0 spiro atoms. The van der Waals surface area contributed by atoms with Crippen molar-refractivity contribution in [1.29, 1.82) is 0 Å². The second-order valence-corrected chi connectivity index (χ2v) is 5.88. The van der Waals surface area contributed by atoms with E-state index in [4.69, 9.17) is 0 Å². The van der Waals surface area contributed by atoms with Crippen LogP contribution in [0.15, 0.2) is 60.8 Å². The monoisotopic (exact) mass is 356 g/mol. The van der Waals surface area contributed by atoms with E-state index in [1.54, 1.807) is 23.9 Å². The van der Waals surface area contributed by atoms with Gasteiger partial charge in [-0.1, -0.05) is 36.4 Å². The number of amides is 2. The molecule has 1 aromatic heterocycles. The van der Waals surface area contributed by atoms with Crippen LogP contribution in [0, 0.1) is 11.6 Å². The number of nitrogens with one attached hydrogen (secondary N) is 2. The van der Waals surface area contributed by atoms with Gasteiger partial charge in [-0.3, -0.25) is 10.00 Å². The van der Waals surface area contributed by atoms with Crippen molar-refractivity contribution in [1.82, 2.24) is 15.1 Å². The molecule has 0 aliphatic carbocycles. The van der Waals surface area contributed by atoms with Crippen LogP contribution in [0.2, 0.25) is 0 Å². The first-order valence-corrected chi connectivity index (χ1v) is 8.11. The molecular weight excluding hydrogens is 338 g/mol. The van der Waals surface area contributed by atoms with Crippen LogP contribution < -0.4 is 10.6 Å². The SMILES string of the molecule is C[C@@H](NC(=O)Nc1ccn(Cc2ccccc2)n1)c1ccc(F)c(F)c1. The number of benzene rings is 2. The molecule has 0 radical (unpaired) electrons. The summed E-state index contributed by atoms with van der Waals surface area (Å²) >= 11 is 0. The van der Waals surface area contributed by atoms with Crippen LogP contribution >= 0.6 is 0 Å². The predicted molar refractivity (Wildman–Crippen MR) is 94.7 cm³/mol. The third-order valence-corrected chi connectivity index (χ3v) is 3.86. The van der Waals surface area contributed by atoms with E-state index in [9.17, 15) is 13.6 Å². The van der Waals surface area contributed by atoms with Gasteiger partial charge in [0.05, 0.1) is 12.6 Å². The van der Waals surface area contributed by atoms with Crippen LogP contribution in [0.25, 0.3) is 0 Å². The molecule has 0 unspecified atom stereocenters. The second kappa shape index (κ2) is 7.77. The van der Waals surface area contributed by atoms with Crippen LogP contribution in [0.5, 0.6) is 0 Å². The molecule has 7 heteroatoms. The van der Waals surface area contributed by atoms with Gasteiger partial charge in [-0.2, -0.15) is 5.10 Å². The highest BCUT2D eigenvalue weighted by molar-refractivity contribution is 5.88. The number of hydrogen-bond donors (Lipinski definition) is 2. The molecule has 2 amide bonds. The van der Waals surface area contributed by atoms with Gasteiger partial charge in [-0.05, 0) is 30.2 Å². The smallest absolute Gasteiger partial charge is 0.320 e. The summed E-state index contributed by atoms with van der Waals surface area (Å²) in [5.41, 5.74) is 1.56. The maximum absolute atomic E-state index is 13.3. The Morgan fingerprint density at radius 2 is 1.88 bits per heavy atom. The number of aromatic nitrogens is 2. The number of rotatable bonds is 5. The molecule has 1 heterocycles. The first kappa shape index (κ1) is 17.6. The molecule has 5 nitrogen and oxygen atoms in total. The molecule has 1 atom stereocenters. The highest BCUT2D eigenvalue weighted by Gasteiger charge is 2.13. The molecule has 2 aromatic carbocycles. The predicted octanol–water partition coefficient (Wildman–Crippen LogP) is 4.09. The first-order chi connectivity index (χ1) is 12.5. The number of hydrogen-bond acceptors (Lipinski definition) is 2. The summed E-state index contributed by atoms with van der Waals surface area (Å²) in [6, 6.07) is 14.1. The summed E-state index contributed by atoms with van der Waals surface area (Å²) in [5, 5.41) is 9.57. The quantitative estimate of drug-likeness (QED) is 0.723. The molecule has 0 aliphatic heterocycles. The summed E-state index contributed by atoms with van der Waals surface area (Å²) in [4.78, 5) is 12.1. The van der Waals surface area contributed by atoms with Crippen molar-refractivity contribution < 1.29 is 13.6 Å². The number of carbonyl (C=O) groups excluding carboxylic acids is 1. The average Bonchev–Trinajstić information content (AvgIpc) is 3.04. The van der Waals surface area contributed by atoms with Crippen molar-refractivity contribution in [3.8, 4) is 0 Å². The van der Waals surface area contributed by atoms with Gasteiger partial charge in [0.25, 0.3) is 0 Å². The maximum Gasteiger partial charge on any atom is 0.320 e. The Balaban J connectivity index is 1.57. The van der Waals surface area contributed by atoms with E-state index in [0.717, 1.165) is 17.7 Å². The maximum atomic E-state index is 13.3. The standard InChI is InChI=1S/C19H18F2N4O/c1-13(15-7-8-16(20)17(21)11-15)22-19(26)23-18-9-10-25(24-18)12-14-5-3-2-4-6-14/h2-11,13H,12H2,1H3,(H2,22,23,24,26)/t13-/m1/s1. The highest BCUT2D eigenvalue weighted by atomic mass is 19.2. The summed E-state index contributed by atoms with van der Waals surface area (Å²) in [6.07, 6.45) is 1.77. The van der Waals surface area contributed by atoms with Gasteiger partial charge >= 0.3 is 6.03 Å². The van der Waals surface area contributed by atoms with Crippen molar-refractivity contribution in [3.63, 3.8) is 0 Å². The number of halogens is 2. The van der Waals surface area contributed by atoms with Crippen molar-refractivity contribution in [2.24, 2.45) is 0 Å². The average molecular weight is 356 g/mol. The molecule has 0 aliphatic rings. The Kier molecular flexibility index (Phi) is 5.26. The number of carbonyl (C=O) groups is 1. The Morgan fingerprint density at radius 1 is 1.12 bits per heavy atom. The van der Waals surface area contributed by atoms with Crippen LogP contribution in [-0.4, -0.2) is 15.8 Å². The topological polar surface area (TPSA) is 59.0 Å². The first-order valence-electron chi connectivity index (χ1n) is 8.11. The lowest BCUT2D eigenvalue weighted by molar-refractivity contribution is 0.249. The van der Waals surface area contributed by atoms with E-state index < -0.39 is 23.7 Å². The van der Waals surface area contributed by atoms with E-state index in [2.05, 4.69) is 15.7 Å². The molecule has 134 valence electrons. The lowest BCUT2D eigenvalue weighted by Gasteiger charge is -2.14. The lowest BCUT2D eigenvalue weighted by atomic mass is 10.1. The minimum absolute atomic E-state index is 0.399. The fourth-order valence-corrected chi connectivity index (χ4v) is 2.50. The molecular formula is C19H18F2N4O. The van der Waals surface area contributed by atoms with Gasteiger partial charge in [-0.25, -0.2) is 13.6 Å². The van der Waals surface area contributed by atoms with Crippen molar-refractivity contribution in [2.45, 2.75) is 19.5 Å². The zero-order valence-electron chi connectivity index (χ0n) is 14.1. The minimum Gasteiger partial charge on any atom is -0.331 e. The molecule has 0 bridgehead atoms. The van der Waals surface area contributed by atoms with E-state index in [1.807, 2.05) is 30.3 Å². The second-order valence-electron chi connectivity index (χ2n) is 5.88. The van der Waals surface area contributed by atoms with Gasteiger partial charge < -0.3 is 5.32 Å². The molecule has 2 N–H and O–H groups in total. The largest absolute Gasteiger partial charge is 0.331 e. The van der Waals surface area contributed by atoms with Gasteiger partial charge in [0, 0.05) is 12.3 Å². The van der Waals surface area contributed by atoms with E-state index in [-0.39, 0.29) is 0 Å². The Labute approximate surface area is 149 Å². The minimum atomic E-state index is -0.948. The highest BCUT2D eigenvalue weighted by Crippen LogP contribution is 2.16. The molecule has 26 heavy (non-hydrogen) atoms. The van der Waals surface area contributed by atoms with Crippen LogP contribution in [0.4, 0.5) is 19.4 Å². The molecule has 0 saturated carbocycles. The molecule has 0 fully saturated rings. The Bertz CT molecular complexity index is 896. The third-order valence-electron chi connectivity index (χ3n) is 3.86. The summed E-state index contributed by atoms with van der Waals surface area (Å²) in [6.45, 7) is 2.27. The van der Waals surface area contributed by atoms with E-state index in [0.29, 0.717) is 17.9 Å². The van der Waals surface area contributed by atoms with Crippen molar-refractivity contribution >= 4 is 11.8 Å².